The van der Waals surface area contributed by atoms with Crippen molar-refractivity contribution in [2.45, 2.75) is 31.9 Å². The summed E-state index contributed by atoms with van der Waals surface area (Å²) in [7, 11) is 1.54. The number of aromatic carboxylic acids is 1. The molecule has 9 nitrogen and oxygen atoms in total. The molecule has 1 aliphatic heterocycles. The number of aromatic amines is 1. The van der Waals surface area contributed by atoms with Gasteiger partial charge in [0.25, 0.3) is 5.91 Å². The second kappa shape index (κ2) is 10.4. The van der Waals surface area contributed by atoms with Crippen molar-refractivity contribution in [2.75, 3.05) is 20.2 Å². The Morgan fingerprint density at radius 3 is 2.66 bits per heavy atom. The first-order valence-electron chi connectivity index (χ1n) is 10.2. The van der Waals surface area contributed by atoms with E-state index in [1.807, 2.05) is 6.92 Å². The van der Waals surface area contributed by atoms with Gasteiger partial charge in [0, 0.05) is 26.3 Å². The minimum Gasteiger partial charge on any atom is -0.478 e. The standard InChI is InChI=1S/C22H25ClN4O5/c1-3-15-19(23)26-20(24-15)21(29)25-16-10-11-27(12-17(16)32-2)18(28)9-6-13-4-7-14(8-5-13)22(30)31/h4-9,16-17H,3,10-12H2,1-2H3,(H,24,26)(H,25,29)(H,30,31)/t16-,17+/m1/s1. The number of nitrogens with zero attached hydrogens (tertiary/aromatic N) is 2. The largest absolute Gasteiger partial charge is 0.478 e. The summed E-state index contributed by atoms with van der Waals surface area (Å²) >= 11 is 6.01. The Bertz CT molecular complexity index is 1020. The number of rotatable bonds is 7. The molecule has 2 amide bonds. The van der Waals surface area contributed by atoms with Crippen LogP contribution >= 0.6 is 11.6 Å². The zero-order valence-corrected chi connectivity index (χ0v) is 18.6. The lowest BCUT2D eigenvalue weighted by atomic mass is 10.0. The van der Waals surface area contributed by atoms with E-state index in [2.05, 4.69) is 15.3 Å². The smallest absolute Gasteiger partial charge is 0.335 e. The number of amides is 2. The number of nitrogens with one attached hydrogen (secondary N) is 2. The van der Waals surface area contributed by atoms with Crippen molar-refractivity contribution >= 4 is 35.5 Å². The van der Waals surface area contributed by atoms with Crippen molar-refractivity contribution in [3.63, 3.8) is 0 Å². The van der Waals surface area contributed by atoms with E-state index in [-0.39, 0.29) is 40.5 Å². The molecule has 1 saturated heterocycles. The van der Waals surface area contributed by atoms with Crippen LogP contribution in [0.5, 0.6) is 0 Å². The van der Waals surface area contributed by atoms with Crippen LogP contribution in [0, 0.1) is 0 Å². The molecular weight excluding hydrogens is 436 g/mol. The number of carboxylic acids is 1. The quantitative estimate of drug-likeness (QED) is 0.545. The Balaban J connectivity index is 1.58. The molecule has 10 heteroatoms. The van der Waals surface area contributed by atoms with Gasteiger partial charge in [0.15, 0.2) is 11.0 Å². The molecule has 1 fully saturated rings. The fraction of sp³-hybridized carbons (Fsp3) is 0.364. The summed E-state index contributed by atoms with van der Waals surface area (Å²) in [5, 5.41) is 12.1. The number of imidazole rings is 1. The molecule has 0 aliphatic carbocycles. The minimum absolute atomic E-state index is 0.150. The van der Waals surface area contributed by atoms with E-state index >= 15 is 0 Å². The molecule has 1 aromatic carbocycles. The average Bonchev–Trinajstić information content (AvgIpc) is 3.18. The number of carbonyl (C=O) groups is 3. The number of halogens is 1. The molecule has 1 aliphatic rings. The average molecular weight is 461 g/mol. The van der Waals surface area contributed by atoms with Crippen molar-refractivity contribution in [3.8, 4) is 0 Å². The van der Waals surface area contributed by atoms with E-state index in [0.717, 1.165) is 5.56 Å². The maximum Gasteiger partial charge on any atom is 0.335 e. The van der Waals surface area contributed by atoms with Crippen molar-refractivity contribution in [1.82, 2.24) is 20.2 Å². The highest BCUT2D eigenvalue weighted by Gasteiger charge is 2.32. The highest BCUT2D eigenvalue weighted by atomic mass is 35.5. The Kier molecular flexibility index (Phi) is 7.66. The molecule has 0 unspecified atom stereocenters. The van der Waals surface area contributed by atoms with Gasteiger partial charge >= 0.3 is 5.97 Å². The first kappa shape index (κ1) is 23.5. The van der Waals surface area contributed by atoms with E-state index < -0.39 is 5.97 Å². The van der Waals surface area contributed by atoms with E-state index in [4.69, 9.17) is 21.4 Å². The summed E-state index contributed by atoms with van der Waals surface area (Å²) in [6, 6.07) is 5.96. The highest BCUT2D eigenvalue weighted by molar-refractivity contribution is 6.30. The van der Waals surface area contributed by atoms with Crippen LogP contribution in [-0.4, -0.2) is 70.1 Å². The van der Waals surface area contributed by atoms with Gasteiger partial charge < -0.3 is 25.0 Å². The number of ether oxygens (including phenoxy) is 1. The lowest BCUT2D eigenvalue weighted by Gasteiger charge is -2.37. The molecule has 3 rings (SSSR count). The van der Waals surface area contributed by atoms with Gasteiger partial charge in [-0.05, 0) is 36.6 Å². The van der Waals surface area contributed by atoms with E-state index in [1.54, 1.807) is 23.1 Å². The van der Waals surface area contributed by atoms with Crippen LogP contribution in [0.15, 0.2) is 30.3 Å². The van der Waals surface area contributed by atoms with Gasteiger partial charge in [-0.1, -0.05) is 30.7 Å². The number of likely N-dealkylation sites (tertiary alicyclic amines) is 1. The fourth-order valence-electron chi connectivity index (χ4n) is 3.50. The lowest BCUT2D eigenvalue weighted by molar-refractivity contribution is -0.130. The Morgan fingerprint density at radius 1 is 1.34 bits per heavy atom. The molecular formula is C22H25ClN4O5. The summed E-state index contributed by atoms with van der Waals surface area (Å²) in [4.78, 5) is 44.7. The van der Waals surface area contributed by atoms with E-state index in [1.165, 1.54) is 25.3 Å². The number of aryl methyl sites for hydroxylation is 1. The second-order valence-corrected chi connectivity index (χ2v) is 7.75. The van der Waals surface area contributed by atoms with Gasteiger partial charge in [-0.25, -0.2) is 9.78 Å². The molecule has 0 radical (unpaired) electrons. The maximum absolute atomic E-state index is 12.6. The van der Waals surface area contributed by atoms with Crippen LogP contribution in [0.2, 0.25) is 5.15 Å². The topological polar surface area (TPSA) is 125 Å². The Morgan fingerprint density at radius 2 is 2.06 bits per heavy atom. The predicted molar refractivity (Wildman–Crippen MR) is 119 cm³/mol. The van der Waals surface area contributed by atoms with Gasteiger partial charge in [0.1, 0.15) is 0 Å². The lowest BCUT2D eigenvalue weighted by Crippen LogP contribution is -2.55. The molecule has 32 heavy (non-hydrogen) atoms. The maximum atomic E-state index is 12.6. The molecule has 0 spiro atoms. The normalized spacial score (nSPS) is 18.7. The third kappa shape index (κ3) is 5.54. The Labute approximate surface area is 190 Å². The van der Waals surface area contributed by atoms with Crippen LogP contribution < -0.4 is 5.32 Å². The third-order valence-corrected chi connectivity index (χ3v) is 5.68. The molecule has 2 atom stereocenters. The van der Waals surface area contributed by atoms with Crippen LogP contribution in [0.3, 0.4) is 0 Å². The van der Waals surface area contributed by atoms with Gasteiger partial charge in [0.2, 0.25) is 5.91 Å². The molecule has 170 valence electrons. The van der Waals surface area contributed by atoms with E-state index in [9.17, 15) is 14.4 Å². The summed E-state index contributed by atoms with van der Waals surface area (Å²) in [5.41, 5.74) is 1.60. The molecule has 2 aromatic rings. The van der Waals surface area contributed by atoms with Crippen LogP contribution in [0.4, 0.5) is 0 Å². The van der Waals surface area contributed by atoms with Crippen molar-refractivity contribution in [1.29, 1.82) is 0 Å². The zero-order valence-electron chi connectivity index (χ0n) is 17.8. The molecule has 0 bridgehead atoms. The number of carboxylic acid groups (broad SMARTS) is 1. The molecule has 0 saturated carbocycles. The summed E-state index contributed by atoms with van der Waals surface area (Å²) in [5.74, 6) is -1.41. The number of hydrogen-bond acceptors (Lipinski definition) is 5. The number of piperidine rings is 1. The number of benzene rings is 1. The van der Waals surface area contributed by atoms with Crippen molar-refractivity contribution in [2.24, 2.45) is 0 Å². The third-order valence-electron chi connectivity index (χ3n) is 5.36. The van der Waals surface area contributed by atoms with Crippen LogP contribution in [0.25, 0.3) is 6.08 Å². The van der Waals surface area contributed by atoms with Gasteiger partial charge in [-0.2, -0.15) is 0 Å². The van der Waals surface area contributed by atoms with Crippen molar-refractivity contribution < 1.29 is 24.2 Å². The van der Waals surface area contributed by atoms with Crippen LogP contribution in [-0.2, 0) is 16.0 Å². The van der Waals surface area contributed by atoms with Crippen molar-refractivity contribution in [3.05, 3.63) is 58.1 Å². The zero-order chi connectivity index (χ0) is 23.3. The molecule has 3 N–H and O–H groups in total. The summed E-state index contributed by atoms with van der Waals surface area (Å²) < 4.78 is 5.52. The van der Waals surface area contributed by atoms with Gasteiger partial charge in [0.05, 0.1) is 23.4 Å². The number of H-pyrrole nitrogens is 1. The fourth-order valence-corrected chi connectivity index (χ4v) is 3.76. The number of aromatic nitrogens is 2. The molecule has 2 heterocycles. The number of methoxy groups -OCH3 is 1. The number of hydrogen-bond donors (Lipinski definition) is 3. The van der Waals surface area contributed by atoms with Gasteiger partial charge in [-0.15, -0.1) is 0 Å². The van der Waals surface area contributed by atoms with E-state index in [0.29, 0.717) is 31.6 Å². The predicted octanol–water partition coefficient (Wildman–Crippen LogP) is 2.38. The Hall–Kier alpha value is -3.17. The number of carbonyl (C=O) groups excluding carboxylic acids is 2. The minimum atomic E-state index is -1.00. The van der Waals surface area contributed by atoms with Crippen LogP contribution in [0.1, 0.15) is 45.6 Å². The highest BCUT2D eigenvalue weighted by Crippen LogP contribution is 2.17. The first-order chi connectivity index (χ1) is 15.3. The van der Waals surface area contributed by atoms with Gasteiger partial charge in [-0.3, -0.25) is 9.59 Å². The SMILES string of the molecule is CCc1[nH]c(C(=O)N[C@@H]2CCN(C(=O)C=Cc3ccc(C(=O)O)cc3)C[C@@H]2OC)nc1Cl. The molecule has 1 aromatic heterocycles. The summed E-state index contributed by atoms with van der Waals surface area (Å²) in [6.07, 6.45) is 3.86. The monoisotopic (exact) mass is 460 g/mol. The first-order valence-corrected chi connectivity index (χ1v) is 10.6. The summed E-state index contributed by atoms with van der Waals surface area (Å²) in [6.45, 7) is 2.68. The second-order valence-electron chi connectivity index (χ2n) is 7.40.